The molecule has 1 saturated carbocycles. The van der Waals surface area contributed by atoms with E-state index in [1.54, 1.807) is 14.2 Å². The van der Waals surface area contributed by atoms with Crippen LogP contribution in [0.25, 0.3) is 0 Å². The molecule has 224 valence electrons. The summed E-state index contributed by atoms with van der Waals surface area (Å²) in [7, 11) is 5.39. The number of halogens is 4. The van der Waals surface area contributed by atoms with E-state index in [1.165, 1.54) is 23.8 Å². The molecule has 11 nitrogen and oxygen atoms in total. The van der Waals surface area contributed by atoms with Crippen LogP contribution in [0.4, 0.5) is 29.3 Å². The summed E-state index contributed by atoms with van der Waals surface area (Å²) in [4.78, 5) is 34.7. The van der Waals surface area contributed by atoms with Gasteiger partial charge in [-0.1, -0.05) is 17.7 Å². The molecule has 3 N–H and O–H groups in total. The molecule has 4 rings (SSSR count). The molecule has 41 heavy (non-hydrogen) atoms. The number of hydrogen-bond acceptors (Lipinski definition) is 7. The Morgan fingerprint density at radius 1 is 1.15 bits per heavy atom. The van der Waals surface area contributed by atoms with Crippen LogP contribution < -0.4 is 20.1 Å². The van der Waals surface area contributed by atoms with Crippen molar-refractivity contribution in [2.24, 2.45) is 0 Å². The summed E-state index contributed by atoms with van der Waals surface area (Å²) in [6.07, 6.45) is -1.57. The van der Waals surface area contributed by atoms with Crippen LogP contribution in [-0.2, 0) is 10.2 Å². The van der Waals surface area contributed by atoms with Gasteiger partial charge in [0.2, 0.25) is 0 Å². The van der Waals surface area contributed by atoms with Gasteiger partial charge in [0, 0.05) is 28.6 Å². The number of carboxylic acids is 1. The Balaban J connectivity index is 0.000000587. The Morgan fingerprint density at radius 2 is 1.80 bits per heavy atom. The fourth-order valence-corrected chi connectivity index (χ4v) is 5.67. The molecular weight excluding hydrogens is 573 g/mol. The third kappa shape index (κ3) is 7.30. The van der Waals surface area contributed by atoms with Crippen LogP contribution in [0, 0.1) is 10.1 Å². The standard InChI is InChI=1S/C24H29ClN4O5.C2HF3O2/c1-28-11-10-24(15-4-7-20(33-2)21(12-15)34-3)9-8-17(14-22(24)28)26-23(30)27-18-6-5-16(25)13-19(18)29(31)32;3-2(4,5)1(6)7/h4-7,12-13,17,22H,8-11,14H2,1-3H3,(H2,26,27,30);(H,6,7). The van der Waals surface area contributed by atoms with Gasteiger partial charge in [0.25, 0.3) is 5.69 Å². The topological polar surface area (TPSA) is 143 Å². The number of likely N-dealkylation sites (N-methyl/N-ethyl adjacent to an activating group) is 1. The lowest BCUT2D eigenvalue weighted by Gasteiger charge is -2.45. The fraction of sp³-hybridized carbons (Fsp3) is 0.462. The molecule has 0 spiro atoms. The second-order valence-electron chi connectivity index (χ2n) is 9.76. The van der Waals surface area contributed by atoms with E-state index in [0.717, 1.165) is 32.2 Å². The predicted octanol–water partition coefficient (Wildman–Crippen LogP) is 5.21. The molecule has 2 fully saturated rings. The summed E-state index contributed by atoms with van der Waals surface area (Å²) in [6.45, 7) is 0.967. The summed E-state index contributed by atoms with van der Waals surface area (Å²) in [5, 5.41) is 24.3. The van der Waals surface area contributed by atoms with Crippen molar-refractivity contribution in [2.45, 2.75) is 49.4 Å². The maximum absolute atomic E-state index is 12.7. The van der Waals surface area contributed by atoms with Crippen molar-refractivity contribution in [1.29, 1.82) is 0 Å². The number of nitrogens with zero attached hydrogens (tertiary/aromatic N) is 2. The lowest BCUT2D eigenvalue weighted by molar-refractivity contribution is -0.383. The molecule has 0 aromatic heterocycles. The van der Waals surface area contributed by atoms with Crippen molar-refractivity contribution in [3.05, 3.63) is 57.1 Å². The zero-order chi connectivity index (χ0) is 30.5. The zero-order valence-corrected chi connectivity index (χ0v) is 23.2. The minimum atomic E-state index is -5.08. The van der Waals surface area contributed by atoms with Gasteiger partial charge in [-0.25, -0.2) is 9.59 Å². The number of nitro groups is 1. The summed E-state index contributed by atoms with van der Waals surface area (Å²) in [5.74, 6) is -1.34. The molecule has 0 bridgehead atoms. The van der Waals surface area contributed by atoms with E-state index in [0.29, 0.717) is 11.5 Å². The molecule has 1 heterocycles. The minimum Gasteiger partial charge on any atom is -0.493 e. The van der Waals surface area contributed by atoms with Gasteiger partial charge in [0.15, 0.2) is 11.5 Å². The molecule has 1 aliphatic carbocycles. The van der Waals surface area contributed by atoms with E-state index in [-0.39, 0.29) is 33.9 Å². The first-order valence-corrected chi connectivity index (χ1v) is 12.8. The summed E-state index contributed by atoms with van der Waals surface area (Å²) >= 11 is 5.87. The third-order valence-electron chi connectivity index (χ3n) is 7.47. The molecule has 1 saturated heterocycles. The first-order valence-electron chi connectivity index (χ1n) is 12.5. The average Bonchev–Trinajstić information content (AvgIpc) is 3.25. The summed E-state index contributed by atoms with van der Waals surface area (Å²) < 4.78 is 42.7. The number of urea groups is 1. The molecule has 2 aromatic carbocycles. The van der Waals surface area contributed by atoms with Crippen molar-refractivity contribution >= 4 is 35.0 Å². The lowest BCUT2D eigenvalue weighted by atomic mass is 9.65. The van der Waals surface area contributed by atoms with E-state index in [1.807, 2.05) is 6.07 Å². The molecule has 2 aliphatic rings. The highest BCUT2D eigenvalue weighted by Gasteiger charge is 2.50. The number of carbonyl (C=O) groups is 2. The number of aliphatic carboxylic acids is 1. The first-order chi connectivity index (χ1) is 19.2. The Bertz CT molecular complexity index is 1300. The number of ether oxygens (including phenoxy) is 2. The summed E-state index contributed by atoms with van der Waals surface area (Å²) in [5.41, 5.74) is 1.06. The number of carboxylic acid groups (broad SMARTS) is 1. The maximum atomic E-state index is 12.7. The number of fused-ring (bicyclic) bond motifs is 1. The first kappa shape index (κ1) is 31.7. The second kappa shape index (κ2) is 12.8. The van der Waals surface area contributed by atoms with E-state index in [4.69, 9.17) is 31.0 Å². The quantitative estimate of drug-likeness (QED) is 0.302. The van der Waals surface area contributed by atoms with Gasteiger partial charge in [-0.05, 0) is 69.1 Å². The average molecular weight is 603 g/mol. The highest BCUT2D eigenvalue weighted by atomic mass is 35.5. The number of amides is 2. The van der Waals surface area contributed by atoms with Gasteiger partial charge in [-0.3, -0.25) is 10.1 Å². The number of nitrogens with one attached hydrogen (secondary N) is 2. The van der Waals surface area contributed by atoms with Gasteiger partial charge >= 0.3 is 18.2 Å². The fourth-order valence-electron chi connectivity index (χ4n) is 5.50. The molecule has 15 heteroatoms. The molecule has 3 unspecified atom stereocenters. The van der Waals surface area contributed by atoms with Gasteiger partial charge in [-0.2, -0.15) is 13.2 Å². The van der Waals surface area contributed by atoms with Crippen LogP contribution in [0.1, 0.15) is 31.2 Å². The van der Waals surface area contributed by atoms with Crippen molar-refractivity contribution in [2.75, 3.05) is 33.1 Å². The highest BCUT2D eigenvalue weighted by molar-refractivity contribution is 6.31. The molecular formula is C26H30ClF3N4O7. The van der Waals surface area contributed by atoms with Crippen LogP contribution >= 0.6 is 11.6 Å². The van der Waals surface area contributed by atoms with Gasteiger partial charge in [0.1, 0.15) is 5.69 Å². The number of carbonyl (C=O) groups excluding carboxylic acids is 1. The molecule has 1 aliphatic heterocycles. The predicted molar refractivity (Wildman–Crippen MR) is 144 cm³/mol. The number of benzene rings is 2. The van der Waals surface area contributed by atoms with Crippen LogP contribution in [0.15, 0.2) is 36.4 Å². The largest absolute Gasteiger partial charge is 0.493 e. The van der Waals surface area contributed by atoms with Crippen LogP contribution in [0.3, 0.4) is 0 Å². The summed E-state index contributed by atoms with van der Waals surface area (Å²) in [6, 6.07) is 10.1. The third-order valence-corrected chi connectivity index (χ3v) is 7.70. The number of likely N-dealkylation sites (tertiary alicyclic amines) is 1. The Hall–Kier alpha value is -3.78. The smallest absolute Gasteiger partial charge is 0.490 e. The highest BCUT2D eigenvalue weighted by Crippen LogP contribution is 2.50. The molecule has 2 amide bonds. The number of methoxy groups -OCH3 is 2. The van der Waals surface area contributed by atoms with Crippen molar-refractivity contribution in [1.82, 2.24) is 10.2 Å². The maximum Gasteiger partial charge on any atom is 0.490 e. The molecule has 2 aromatic rings. The zero-order valence-electron chi connectivity index (χ0n) is 22.5. The van der Waals surface area contributed by atoms with E-state index >= 15 is 0 Å². The van der Waals surface area contributed by atoms with Gasteiger partial charge in [-0.15, -0.1) is 0 Å². The second-order valence-corrected chi connectivity index (χ2v) is 10.2. The monoisotopic (exact) mass is 602 g/mol. The van der Waals surface area contributed by atoms with E-state index in [9.17, 15) is 28.1 Å². The Kier molecular flexibility index (Phi) is 9.92. The van der Waals surface area contributed by atoms with Gasteiger partial charge in [0.05, 0.1) is 19.1 Å². The number of anilines is 1. The van der Waals surface area contributed by atoms with Crippen molar-refractivity contribution in [3.63, 3.8) is 0 Å². The van der Waals surface area contributed by atoms with Gasteiger partial charge < -0.3 is 30.1 Å². The number of alkyl halides is 3. The Morgan fingerprint density at radius 3 is 2.39 bits per heavy atom. The molecule has 0 radical (unpaired) electrons. The Labute approximate surface area is 238 Å². The minimum absolute atomic E-state index is 0.0298. The normalized spacial score (nSPS) is 22.0. The van der Waals surface area contributed by atoms with Crippen molar-refractivity contribution in [3.8, 4) is 11.5 Å². The van der Waals surface area contributed by atoms with E-state index < -0.39 is 23.1 Å². The SMILES string of the molecule is COc1ccc(C23CCC(NC(=O)Nc4ccc(Cl)cc4[N+](=O)[O-])CC2N(C)CC3)cc1OC.O=C(O)C(F)(F)F. The number of nitro benzene ring substituents is 1. The van der Waals surface area contributed by atoms with Crippen molar-refractivity contribution < 1.29 is 42.3 Å². The van der Waals surface area contributed by atoms with E-state index in [2.05, 4.69) is 34.7 Å². The molecule has 3 atom stereocenters. The van der Waals surface area contributed by atoms with Crippen LogP contribution in [0.5, 0.6) is 11.5 Å². The number of rotatable bonds is 6. The lowest BCUT2D eigenvalue weighted by Crippen LogP contribution is -2.52. The van der Waals surface area contributed by atoms with Crippen LogP contribution in [-0.4, -0.2) is 73.0 Å². The number of hydrogen-bond donors (Lipinski definition) is 3. The van der Waals surface area contributed by atoms with Crippen LogP contribution in [0.2, 0.25) is 5.02 Å².